The molecule has 1 aliphatic rings. The quantitative estimate of drug-likeness (QED) is 0.845. The summed E-state index contributed by atoms with van der Waals surface area (Å²) >= 11 is 0. The summed E-state index contributed by atoms with van der Waals surface area (Å²) < 4.78 is 0. The van der Waals surface area contributed by atoms with Crippen LogP contribution in [0.1, 0.15) is 37.7 Å². The minimum atomic E-state index is 1.10. The van der Waals surface area contributed by atoms with Crippen molar-refractivity contribution >= 4 is 10.9 Å². The van der Waals surface area contributed by atoms with Crippen molar-refractivity contribution in [1.29, 1.82) is 0 Å². The van der Waals surface area contributed by atoms with E-state index in [2.05, 4.69) is 40.3 Å². The lowest BCUT2D eigenvalue weighted by Crippen LogP contribution is -2.26. The molecule has 2 heterocycles. The maximum atomic E-state index is 3.38. The zero-order valence-corrected chi connectivity index (χ0v) is 11.0. The van der Waals surface area contributed by atoms with Gasteiger partial charge in [0.2, 0.25) is 0 Å². The van der Waals surface area contributed by atoms with Crippen molar-refractivity contribution in [3.63, 3.8) is 0 Å². The van der Waals surface area contributed by atoms with Gasteiger partial charge in [-0.3, -0.25) is 4.90 Å². The van der Waals surface area contributed by atoms with E-state index >= 15 is 0 Å². The molecule has 2 aromatic rings. The summed E-state index contributed by atoms with van der Waals surface area (Å²) in [6.07, 6.45) is 9.16. The predicted octanol–water partition coefficient (Wildman–Crippen LogP) is 3.93. The summed E-state index contributed by atoms with van der Waals surface area (Å²) in [5.41, 5.74) is 2.71. The molecular weight excluding hydrogens is 220 g/mol. The van der Waals surface area contributed by atoms with E-state index in [1.807, 2.05) is 0 Å². The van der Waals surface area contributed by atoms with Crippen LogP contribution in [0.5, 0.6) is 0 Å². The van der Waals surface area contributed by atoms with Gasteiger partial charge in [0.15, 0.2) is 0 Å². The zero-order valence-electron chi connectivity index (χ0n) is 11.0. The van der Waals surface area contributed by atoms with Crippen molar-refractivity contribution in [2.45, 2.75) is 38.6 Å². The van der Waals surface area contributed by atoms with Gasteiger partial charge in [-0.2, -0.15) is 0 Å². The van der Waals surface area contributed by atoms with Crippen molar-refractivity contribution in [2.24, 2.45) is 0 Å². The topological polar surface area (TPSA) is 19.0 Å². The molecule has 1 N–H and O–H groups in total. The van der Waals surface area contributed by atoms with Gasteiger partial charge in [0.05, 0.1) is 0 Å². The molecule has 0 radical (unpaired) electrons. The van der Waals surface area contributed by atoms with E-state index in [4.69, 9.17) is 0 Å². The van der Waals surface area contributed by atoms with Crippen LogP contribution in [0, 0.1) is 0 Å². The second kappa shape index (κ2) is 5.57. The first-order chi connectivity index (χ1) is 8.93. The van der Waals surface area contributed by atoms with Crippen LogP contribution < -0.4 is 0 Å². The summed E-state index contributed by atoms with van der Waals surface area (Å²) in [5.74, 6) is 0. The molecule has 1 aromatic heterocycles. The average Bonchev–Trinajstić information content (AvgIpc) is 2.76. The molecule has 96 valence electrons. The van der Waals surface area contributed by atoms with Crippen molar-refractivity contribution < 1.29 is 0 Å². The molecule has 3 rings (SSSR count). The zero-order chi connectivity index (χ0) is 12.2. The summed E-state index contributed by atoms with van der Waals surface area (Å²) in [6, 6.07) is 8.61. The van der Waals surface area contributed by atoms with Crippen molar-refractivity contribution in [3.05, 3.63) is 36.0 Å². The fraction of sp³-hybridized carbons (Fsp3) is 0.500. The van der Waals surface area contributed by atoms with Crippen molar-refractivity contribution in [3.8, 4) is 0 Å². The van der Waals surface area contributed by atoms with Crippen LogP contribution in [-0.4, -0.2) is 23.0 Å². The van der Waals surface area contributed by atoms with E-state index in [1.165, 1.54) is 61.7 Å². The Hall–Kier alpha value is -1.28. The second-order valence-electron chi connectivity index (χ2n) is 5.40. The fourth-order valence-corrected chi connectivity index (χ4v) is 2.97. The van der Waals surface area contributed by atoms with E-state index < -0.39 is 0 Å². The van der Waals surface area contributed by atoms with Crippen LogP contribution in [0.3, 0.4) is 0 Å². The van der Waals surface area contributed by atoms with Crippen LogP contribution in [0.25, 0.3) is 10.9 Å². The third-order valence-corrected chi connectivity index (χ3v) is 4.02. The number of hydrogen-bond acceptors (Lipinski definition) is 1. The van der Waals surface area contributed by atoms with E-state index in [0.29, 0.717) is 0 Å². The van der Waals surface area contributed by atoms with E-state index in [1.54, 1.807) is 0 Å². The molecule has 2 heteroatoms. The molecular formula is C16H22N2. The number of aromatic amines is 1. The van der Waals surface area contributed by atoms with Gasteiger partial charge in [-0.05, 0) is 37.6 Å². The molecule has 0 spiro atoms. The second-order valence-corrected chi connectivity index (χ2v) is 5.40. The highest BCUT2D eigenvalue weighted by atomic mass is 15.1. The highest BCUT2D eigenvalue weighted by molar-refractivity contribution is 5.82. The Labute approximate surface area is 109 Å². The van der Waals surface area contributed by atoms with Crippen LogP contribution in [-0.2, 0) is 6.54 Å². The van der Waals surface area contributed by atoms with E-state index in [-0.39, 0.29) is 0 Å². The summed E-state index contributed by atoms with van der Waals surface area (Å²) in [4.78, 5) is 6.00. The number of hydrogen-bond donors (Lipinski definition) is 1. The first-order valence-electron chi connectivity index (χ1n) is 7.21. The number of benzene rings is 1. The standard InChI is InChI=1S/C16H22N2/c1-2-6-10-18(11-7-3-1)13-14-12-17-16-9-5-4-8-15(14)16/h4-5,8-9,12,17H,1-3,6-7,10-11,13H2. The van der Waals surface area contributed by atoms with Gasteiger partial charge >= 0.3 is 0 Å². The number of likely N-dealkylation sites (tertiary alicyclic amines) is 1. The normalized spacial score (nSPS) is 18.7. The monoisotopic (exact) mass is 242 g/mol. The molecule has 0 aliphatic carbocycles. The fourth-order valence-electron chi connectivity index (χ4n) is 2.97. The third kappa shape index (κ3) is 2.59. The highest BCUT2D eigenvalue weighted by Gasteiger charge is 2.11. The molecule has 1 aromatic carbocycles. The van der Waals surface area contributed by atoms with Gasteiger partial charge in [0.25, 0.3) is 0 Å². The Kier molecular flexibility index (Phi) is 3.65. The SMILES string of the molecule is c1ccc2c(CN3CCCCCCC3)c[nH]c2c1. The number of aromatic nitrogens is 1. The van der Waals surface area contributed by atoms with Crippen LogP contribution >= 0.6 is 0 Å². The van der Waals surface area contributed by atoms with E-state index in [9.17, 15) is 0 Å². The maximum absolute atomic E-state index is 3.38. The summed E-state index contributed by atoms with van der Waals surface area (Å²) in [6.45, 7) is 3.63. The van der Waals surface area contributed by atoms with Crippen molar-refractivity contribution in [1.82, 2.24) is 9.88 Å². The van der Waals surface area contributed by atoms with Crippen molar-refractivity contribution in [2.75, 3.05) is 13.1 Å². The molecule has 0 amide bonds. The smallest absolute Gasteiger partial charge is 0.0457 e. The molecule has 18 heavy (non-hydrogen) atoms. The minimum absolute atomic E-state index is 1.10. The Morgan fingerprint density at radius 1 is 0.944 bits per heavy atom. The lowest BCUT2D eigenvalue weighted by atomic mass is 10.1. The maximum Gasteiger partial charge on any atom is 0.0457 e. The predicted molar refractivity (Wildman–Crippen MR) is 76.7 cm³/mol. The summed E-state index contributed by atoms with van der Waals surface area (Å²) in [7, 11) is 0. The lowest BCUT2D eigenvalue weighted by molar-refractivity contribution is 0.240. The molecule has 0 saturated carbocycles. The van der Waals surface area contributed by atoms with Gasteiger partial charge in [-0.15, -0.1) is 0 Å². The van der Waals surface area contributed by atoms with Crippen LogP contribution in [0.4, 0.5) is 0 Å². The molecule has 2 nitrogen and oxygen atoms in total. The molecule has 1 saturated heterocycles. The molecule has 0 unspecified atom stereocenters. The largest absolute Gasteiger partial charge is 0.361 e. The number of H-pyrrole nitrogens is 1. The van der Waals surface area contributed by atoms with E-state index in [0.717, 1.165) is 6.54 Å². The summed E-state index contributed by atoms with van der Waals surface area (Å²) in [5, 5.41) is 1.39. The third-order valence-electron chi connectivity index (χ3n) is 4.02. The molecule has 1 aliphatic heterocycles. The van der Waals surface area contributed by atoms with Gasteiger partial charge in [-0.1, -0.05) is 37.5 Å². The van der Waals surface area contributed by atoms with Crippen LogP contribution in [0.2, 0.25) is 0 Å². The highest BCUT2D eigenvalue weighted by Crippen LogP contribution is 2.20. The van der Waals surface area contributed by atoms with Gasteiger partial charge in [-0.25, -0.2) is 0 Å². The number of nitrogens with zero attached hydrogens (tertiary/aromatic N) is 1. The Morgan fingerprint density at radius 2 is 1.67 bits per heavy atom. The first kappa shape index (κ1) is 11.8. The van der Waals surface area contributed by atoms with Gasteiger partial charge in [0, 0.05) is 23.6 Å². The first-order valence-corrected chi connectivity index (χ1v) is 7.21. The number of rotatable bonds is 2. The molecule has 0 atom stereocenters. The van der Waals surface area contributed by atoms with Gasteiger partial charge < -0.3 is 4.98 Å². The number of nitrogens with one attached hydrogen (secondary N) is 1. The molecule has 1 fully saturated rings. The Morgan fingerprint density at radius 3 is 2.50 bits per heavy atom. The van der Waals surface area contributed by atoms with Crippen LogP contribution in [0.15, 0.2) is 30.5 Å². The number of para-hydroxylation sites is 1. The molecule has 0 bridgehead atoms. The number of fused-ring (bicyclic) bond motifs is 1. The Bertz CT molecular complexity index is 493. The Balaban J connectivity index is 1.74. The lowest BCUT2D eigenvalue weighted by Gasteiger charge is -2.24. The van der Waals surface area contributed by atoms with Gasteiger partial charge in [0.1, 0.15) is 0 Å². The average molecular weight is 242 g/mol. The minimum Gasteiger partial charge on any atom is -0.361 e.